The van der Waals surface area contributed by atoms with E-state index in [0.717, 1.165) is 19.3 Å². The van der Waals surface area contributed by atoms with Crippen LogP contribution >= 0.6 is 0 Å². The minimum Gasteiger partial charge on any atom is -0.274 e. The van der Waals surface area contributed by atoms with Crippen molar-refractivity contribution in [2.45, 2.75) is 30.2 Å². The average molecular weight is 305 g/mol. The van der Waals surface area contributed by atoms with Crippen LogP contribution in [0.1, 0.15) is 18.4 Å². The van der Waals surface area contributed by atoms with Gasteiger partial charge in [-0.2, -0.15) is 9.40 Å². The Morgan fingerprint density at radius 1 is 1.29 bits per heavy atom. The lowest BCUT2D eigenvalue weighted by Crippen LogP contribution is -2.36. The highest BCUT2D eigenvalue weighted by molar-refractivity contribution is 7.89. The molecule has 1 saturated heterocycles. The van der Waals surface area contributed by atoms with Crippen molar-refractivity contribution in [3.8, 4) is 0 Å². The second-order valence-electron chi connectivity index (χ2n) is 5.45. The molecule has 1 aliphatic rings. The number of benzene rings is 1. The molecule has 0 saturated carbocycles. The zero-order valence-corrected chi connectivity index (χ0v) is 12.8. The summed E-state index contributed by atoms with van der Waals surface area (Å²) >= 11 is 0. The third-order valence-corrected chi connectivity index (χ3v) is 5.83. The van der Waals surface area contributed by atoms with Crippen LogP contribution in [0.2, 0.25) is 0 Å². The number of rotatable bonds is 4. The van der Waals surface area contributed by atoms with Gasteiger partial charge in [-0.15, -0.1) is 0 Å². The fourth-order valence-electron chi connectivity index (χ4n) is 2.88. The molecule has 0 spiro atoms. The van der Waals surface area contributed by atoms with Crippen molar-refractivity contribution in [1.82, 2.24) is 14.1 Å². The van der Waals surface area contributed by atoms with Crippen molar-refractivity contribution in [3.05, 3.63) is 48.3 Å². The Morgan fingerprint density at radius 2 is 2.05 bits per heavy atom. The maximum atomic E-state index is 12.7. The number of aryl methyl sites for hydroxylation is 1. The maximum absolute atomic E-state index is 12.7. The van der Waals surface area contributed by atoms with Crippen LogP contribution in [-0.2, 0) is 23.5 Å². The minimum absolute atomic E-state index is 0.0395. The van der Waals surface area contributed by atoms with Gasteiger partial charge in [0.25, 0.3) is 0 Å². The Hall–Kier alpha value is -1.66. The van der Waals surface area contributed by atoms with Crippen LogP contribution in [-0.4, -0.2) is 35.1 Å². The molecule has 1 atom stereocenters. The monoisotopic (exact) mass is 305 g/mol. The van der Waals surface area contributed by atoms with E-state index in [4.69, 9.17) is 0 Å². The van der Waals surface area contributed by atoms with Gasteiger partial charge in [0, 0.05) is 25.8 Å². The molecule has 0 radical (unpaired) electrons. The molecule has 112 valence electrons. The fourth-order valence-corrected chi connectivity index (χ4v) is 4.56. The zero-order chi connectivity index (χ0) is 14.9. The van der Waals surface area contributed by atoms with Gasteiger partial charge in [-0.05, 0) is 24.8 Å². The van der Waals surface area contributed by atoms with Crippen molar-refractivity contribution in [2.24, 2.45) is 7.05 Å². The molecule has 3 rings (SSSR count). The van der Waals surface area contributed by atoms with Crippen LogP contribution in [0.15, 0.2) is 47.6 Å². The highest BCUT2D eigenvalue weighted by Crippen LogP contribution is 2.27. The van der Waals surface area contributed by atoms with Gasteiger partial charge in [-0.1, -0.05) is 30.3 Å². The Morgan fingerprint density at radius 3 is 2.71 bits per heavy atom. The van der Waals surface area contributed by atoms with E-state index >= 15 is 0 Å². The van der Waals surface area contributed by atoms with Gasteiger partial charge in [0.2, 0.25) is 10.0 Å². The van der Waals surface area contributed by atoms with E-state index in [0.29, 0.717) is 6.54 Å². The summed E-state index contributed by atoms with van der Waals surface area (Å²) in [6.45, 7) is 0.592. The molecule has 1 aromatic carbocycles. The summed E-state index contributed by atoms with van der Waals surface area (Å²) in [5.41, 5.74) is 1.18. The summed E-state index contributed by atoms with van der Waals surface area (Å²) < 4.78 is 28.6. The molecule has 1 aromatic heterocycles. The van der Waals surface area contributed by atoms with Gasteiger partial charge in [-0.25, -0.2) is 8.42 Å². The second kappa shape index (κ2) is 5.61. The Labute approximate surface area is 125 Å². The van der Waals surface area contributed by atoms with Crippen molar-refractivity contribution in [1.29, 1.82) is 0 Å². The summed E-state index contributed by atoms with van der Waals surface area (Å²) in [6, 6.07) is 10.1. The van der Waals surface area contributed by atoms with Crippen LogP contribution in [0.3, 0.4) is 0 Å². The first-order chi connectivity index (χ1) is 10.1. The normalized spacial score (nSPS) is 20.0. The lowest BCUT2D eigenvalue weighted by molar-refractivity contribution is 0.385. The van der Waals surface area contributed by atoms with E-state index < -0.39 is 10.0 Å². The molecular weight excluding hydrogens is 286 g/mol. The number of nitrogens with zero attached hydrogens (tertiary/aromatic N) is 3. The third-order valence-electron chi connectivity index (χ3n) is 3.93. The molecule has 1 fully saturated rings. The predicted octanol–water partition coefficient (Wildman–Crippen LogP) is 1.82. The van der Waals surface area contributed by atoms with E-state index in [9.17, 15) is 8.42 Å². The first-order valence-corrected chi connectivity index (χ1v) is 8.56. The second-order valence-corrected chi connectivity index (χ2v) is 7.34. The topological polar surface area (TPSA) is 55.2 Å². The molecule has 21 heavy (non-hydrogen) atoms. The lowest BCUT2D eigenvalue weighted by atomic mass is 10.1. The van der Waals surface area contributed by atoms with Crippen LogP contribution in [0.4, 0.5) is 0 Å². The van der Waals surface area contributed by atoms with Crippen LogP contribution < -0.4 is 0 Å². The summed E-state index contributed by atoms with van der Waals surface area (Å²) in [6.07, 6.45) is 5.58. The molecule has 2 heterocycles. The molecule has 0 amide bonds. The third kappa shape index (κ3) is 2.87. The average Bonchev–Trinajstić information content (AvgIpc) is 3.09. The smallest absolute Gasteiger partial charge is 0.246 e. The maximum Gasteiger partial charge on any atom is 0.246 e. The Balaban J connectivity index is 1.84. The van der Waals surface area contributed by atoms with Crippen LogP contribution in [0.5, 0.6) is 0 Å². The molecule has 1 unspecified atom stereocenters. The first-order valence-electron chi connectivity index (χ1n) is 7.12. The summed E-state index contributed by atoms with van der Waals surface area (Å²) in [7, 11) is -1.71. The zero-order valence-electron chi connectivity index (χ0n) is 12.0. The van der Waals surface area contributed by atoms with Gasteiger partial charge in [-0.3, -0.25) is 4.68 Å². The number of sulfonamides is 1. The summed E-state index contributed by atoms with van der Waals surface area (Å²) in [4.78, 5) is 0.282. The highest BCUT2D eigenvalue weighted by Gasteiger charge is 2.35. The molecule has 5 nitrogen and oxygen atoms in total. The summed E-state index contributed by atoms with van der Waals surface area (Å²) in [5.74, 6) is 0. The quantitative estimate of drug-likeness (QED) is 0.866. The number of aromatic nitrogens is 2. The van der Waals surface area contributed by atoms with Gasteiger partial charge < -0.3 is 0 Å². The molecule has 1 aliphatic heterocycles. The van der Waals surface area contributed by atoms with E-state index in [1.807, 2.05) is 30.3 Å². The van der Waals surface area contributed by atoms with Gasteiger partial charge in [0.05, 0.1) is 6.20 Å². The largest absolute Gasteiger partial charge is 0.274 e. The lowest BCUT2D eigenvalue weighted by Gasteiger charge is -2.23. The minimum atomic E-state index is -3.44. The van der Waals surface area contributed by atoms with Crippen LogP contribution in [0.25, 0.3) is 0 Å². The number of hydrogen-bond acceptors (Lipinski definition) is 3. The SMILES string of the molecule is Cn1cc(S(=O)(=O)N2CCCC2Cc2ccccc2)cn1. The summed E-state index contributed by atoms with van der Waals surface area (Å²) in [5, 5.41) is 3.97. The van der Waals surface area contributed by atoms with Gasteiger partial charge >= 0.3 is 0 Å². The van der Waals surface area contributed by atoms with Crippen molar-refractivity contribution >= 4 is 10.0 Å². The Kier molecular flexibility index (Phi) is 3.82. The standard InChI is InChI=1S/C15H19N3O2S/c1-17-12-15(11-16-17)21(19,20)18-9-5-8-14(18)10-13-6-3-2-4-7-13/h2-4,6-7,11-12,14H,5,8-10H2,1H3. The highest BCUT2D eigenvalue weighted by atomic mass is 32.2. The molecule has 0 aliphatic carbocycles. The predicted molar refractivity (Wildman–Crippen MR) is 80.3 cm³/mol. The van der Waals surface area contributed by atoms with E-state index in [1.165, 1.54) is 16.4 Å². The van der Waals surface area contributed by atoms with Gasteiger partial charge in [0.15, 0.2) is 0 Å². The van der Waals surface area contributed by atoms with Crippen LogP contribution in [0, 0.1) is 0 Å². The molecule has 0 N–H and O–H groups in total. The van der Waals surface area contributed by atoms with E-state index in [-0.39, 0.29) is 10.9 Å². The molecular formula is C15H19N3O2S. The molecule has 0 bridgehead atoms. The molecule has 6 heteroatoms. The van der Waals surface area contributed by atoms with E-state index in [1.54, 1.807) is 17.5 Å². The first kappa shape index (κ1) is 14.3. The fraction of sp³-hybridized carbons (Fsp3) is 0.400. The van der Waals surface area contributed by atoms with Crippen molar-refractivity contribution in [3.63, 3.8) is 0 Å². The Bertz CT molecular complexity index is 710. The van der Waals surface area contributed by atoms with Crippen molar-refractivity contribution < 1.29 is 8.42 Å². The van der Waals surface area contributed by atoms with E-state index in [2.05, 4.69) is 5.10 Å². The number of hydrogen-bond donors (Lipinski definition) is 0. The molecule has 2 aromatic rings. The van der Waals surface area contributed by atoms with Gasteiger partial charge in [0.1, 0.15) is 4.90 Å². The van der Waals surface area contributed by atoms with Crippen molar-refractivity contribution in [2.75, 3.05) is 6.54 Å².